The zero-order valence-electron chi connectivity index (χ0n) is 10.2. The number of aromatic nitrogens is 3. The molecule has 3 heterocycles. The Hall–Kier alpha value is -2.96. The van der Waals surface area contributed by atoms with E-state index in [1.165, 1.54) is 6.07 Å². The first kappa shape index (κ1) is 12.1. The molecule has 3 N–H and O–H groups in total. The summed E-state index contributed by atoms with van der Waals surface area (Å²) in [6.07, 6.45) is 4.23. The van der Waals surface area contributed by atoms with Crippen LogP contribution in [0.5, 0.6) is 0 Å². The van der Waals surface area contributed by atoms with Crippen LogP contribution in [0.3, 0.4) is 0 Å². The summed E-state index contributed by atoms with van der Waals surface area (Å²) in [5.74, 6) is -0.0422. The number of carbonyl (C=O) groups excluding carboxylic acids is 1. The second kappa shape index (κ2) is 4.96. The number of anilines is 2. The smallest absolute Gasteiger partial charge is 0.324 e. The average Bonchev–Trinajstić information content (AvgIpc) is 2.82. The predicted molar refractivity (Wildman–Crippen MR) is 72.9 cm³/mol. The quantitative estimate of drug-likeness (QED) is 0.670. The Morgan fingerprint density at radius 1 is 1.25 bits per heavy atom. The number of hydrogen-bond donors (Lipinski definition) is 3. The summed E-state index contributed by atoms with van der Waals surface area (Å²) in [5.41, 5.74) is 0.944. The molecule has 0 aliphatic heterocycles. The van der Waals surface area contributed by atoms with Gasteiger partial charge in [0, 0.05) is 17.8 Å². The van der Waals surface area contributed by atoms with Crippen LogP contribution in [-0.4, -0.2) is 21.0 Å². The van der Waals surface area contributed by atoms with Gasteiger partial charge in [0.1, 0.15) is 17.3 Å². The number of amides is 2. The normalized spacial score (nSPS) is 10.4. The van der Waals surface area contributed by atoms with Crippen LogP contribution in [0.25, 0.3) is 11.0 Å². The molecule has 0 radical (unpaired) electrons. The monoisotopic (exact) mass is 271 g/mol. The van der Waals surface area contributed by atoms with E-state index in [0.717, 1.165) is 6.20 Å². The van der Waals surface area contributed by atoms with Crippen molar-refractivity contribution in [2.75, 3.05) is 10.6 Å². The highest BCUT2D eigenvalue weighted by Gasteiger charge is 2.09. The summed E-state index contributed by atoms with van der Waals surface area (Å²) in [6.45, 7) is 0. The Morgan fingerprint density at radius 2 is 2.15 bits per heavy atom. The first-order valence-corrected chi connectivity index (χ1v) is 5.84. The minimum atomic E-state index is -0.467. The number of hydrogen-bond acceptors (Lipinski definition) is 3. The second-order valence-corrected chi connectivity index (χ2v) is 4.05. The van der Waals surface area contributed by atoms with Crippen LogP contribution in [0.1, 0.15) is 0 Å². The molecule has 3 rings (SSSR count). The first-order chi connectivity index (χ1) is 9.72. The standard InChI is InChI=1S/C13H10FN5O/c14-8-5-9-10(7-17-12(9)16-6-8)18-13(20)19-11-3-1-2-4-15-11/h1-7H,(H,16,17)(H2,15,18,19,20). The molecule has 0 saturated heterocycles. The van der Waals surface area contributed by atoms with E-state index in [4.69, 9.17) is 0 Å². The number of urea groups is 1. The number of nitrogens with one attached hydrogen (secondary N) is 3. The molecule has 0 bridgehead atoms. The maximum atomic E-state index is 13.2. The number of nitrogens with zero attached hydrogens (tertiary/aromatic N) is 2. The van der Waals surface area contributed by atoms with E-state index in [0.29, 0.717) is 22.5 Å². The van der Waals surface area contributed by atoms with Gasteiger partial charge in [-0.25, -0.2) is 19.2 Å². The van der Waals surface area contributed by atoms with Crippen molar-refractivity contribution in [2.24, 2.45) is 0 Å². The summed E-state index contributed by atoms with van der Waals surface area (Å²) in [7, 11) is 0. The SMILES string of the molecule is O=C(Nc1ccccn1)Nc1c[nH]c2ncc(F)cc12. The van der Waals surface area contributed by atoms with Crippen LogP contribution in [0.2, 0.25) is 0 Å². The van der Waals surface area contributed by atoms with Gasteiger partial charge in [0.15, 0.2) is 0 Å². The third kappa shape index (κ3) is 2.41. The van der Waals surface area contributed by atoms with Crippen molar-refractivity contribution < 1.29 is 9.18 Å². The van der Waals surface area contributed by atoms with Gasteiger partial charge in [-0.1, -0.05) is 6.07 Å². The zero-order chi connectivity index (χ0) is 13.9. The van der Waals surface area contributed by atoms with E-state index in [2.05, 4.69) is 25.6 Å². The first-order valence-electron chi connectivity index (χ1n) is 5.84. The second-order valence-electron chi connectivity index (χ2n) is 4.05. The average molecular weight is 271 g/mol. The Bertz CT molecular complexity index is 756. The molecule has 0 fully saturated rings. The Kier molecular flexibility index (Phi) is 3.00. The van der Waals surface area contributed by atoms with Crippen LogP contribution in [-0.2, 0) is 0 Å². The Labute approximate surface area is 113 Å². The van der Waals surface area contributed by atoms with E-state index in [9.17, 15) is 9.18 Å². The van der Waals surface area contributed by atoms with Crippen molar-refractivity contribution in [1.82, 2.24) is 15.0 Å². The molecule has 7 heteroatoms. The van der Waals surface area contributed by atoms with Gasteiger partial charge in [0.25, 0.3) is 0 Å². The maximum Gasteiger partial charge on any atom is 0.324 e. The lowest BCUT2D eigenvalue weighted by molar-refractivity contribution is 0.262. The number of fused-ring (bicyclic) bond motifs is 1. The minimum absolute atomic E-state index is 0.425. The van der Waals surface area contributed by atoms with Crippen LogP contribution in [0.15, 0.2) is 42.9 Å². The largest absolute Gasteiger partial charge is 0.344 e. The highest BCUT2D eigenvalue weighted by atomic mass is 19.1. The number of pyridine rings is 2. The highest BCUT2D eigenvalue weighted by Crippen LogP contribution is 2.22. The van der Waals surface area contributed by atoms with Crippen molar-refractivity contribution in [3.8, 4) is 0 Å². The summed E-state index contributed by atoms with van der Waals surface area (Å²) in [5, 5.41) is 5.68. The van der Waals surface area contributed by atoms with Gasteiger partial charge in [0.05, 0.1) is 11.9 Å². The Morgan fingerprint density at radius 3 is 2.95 bits per heavy atom. The van der Waals surface area contributed by atoms with Gasteiger partial charge >= 0.3 is 6.03 Å². The number of rotatable bonds is 2. The van der Waals surface area contributed by atoms with Gasteiger partial charge in [-0.3, -0.25) is 5.32 Å². The molecule has 0 spiro atoms. The molecule has 3 aromatic heterocycles. The number of H-pyrrole nitrogens is 1. The third-order valence-corrected chi connectivity index (χ3v) is 2.65. The molecular weight excluding hydrogens is 261 g/mol. The van der Waals surface area contributed by atoms with E-state index < -0.39 is 11.8 Å². The van der Waals surface area contributed by atoms with E-state index in [-0.39, 0.29) is 0 Å². The molecule has 0 atom stereocenters. The van der Waals surface area contributed by atoms with Crippen molar-refractivity contribution >= 4 is 28.6 Å². The zero-order valence-corrected chi connectivity index (χ0v) is 10.2. The summed E-state index contributed by atoms with van der Waals surface area (Å²) >= 11 is 0. The molecule has 0 unspecified atom stereocenters. The van der Waals surface area contributed by atoms with Crippen molar-refractivity contribution in [3.05, 3.63) is 48.7 Å². The van der Waals surface area contributed by atoms with Crippen molar-refractivity contribution in [3.63, 3.8) is 0 Å². The maximum absolute atomic E-state index is 13.2. The van der Waals surface area contributed by atoms with Crippen LogP contribution in [0, 0.1) is 5.82 Å². The van der Waals surface area contributed by atoms with E-state index in [1.54, 1.807) is 30.6 Å². The minimum Gasteiger partial charge on any atom is -0.344 e. The van der Waals surface area contributed by atoms with E-state index >= 15 is 0 Å². The lowest BCUT2D eigenvalue weighted by atomic mass is 10.3. The number of carbonyl (C=O) groups is 1. The molecule has 6 nitrogen and oxygen atoms in total. The fourth-order valence-electron chi connectivity index (χ4n) is 1.79. The van der Waals surface area contributed by atoms with Crippen LogP contribution in [0.4, 0.5) is 20.7 Å². The highest BCUT2D eigenvalue weighted by molar-refractivity contribution is 6.04. The van der Waals surface area contributed by atoms with Crippen molar-refractivity contribution in [2.45, 2.75) is 0 Å². The van der Waals surface area contributed by atoms with Gasteiger partial charge < -0.3 is 10.3 Å². The molecule has 0 aliphatic carbocycles. The fourth-order valence-corrected chi connectivity index (χ4v) is 1.79. The van der Waals surface area contributed by atoms with Gasteiger partial charge in [-0.05, 0) is 18.2 Å². The van der Waals surface area contributed by atoms with Crippen LogP contribution < -0.4 is 10.6 Å². The molecule has 0 aromatic carbocycles. The molecule has 3 aromatic rings. The van der Waals surface area contributed by atoms with Crippen molar-refractivity contribution in [1.29, 1.82) is 0 Å². The summed E-state index contributed by atoms with van der Waals surface area (Å²) < 4.78 is 13.2. The molecular formula is C13H10FN5O. The number of halogens is 1. The molecule has 100 valence electrons. The van der Waals surface area contributed by atoms with Gasteiger partial charge in [0.2, 0.25) is 0 Å². The third-order valence-electron chi connectivity index (χ3n) is 2.65. The molecule has 2 amide bonds. The Balaban J connectivity index is 1.79. The fraction of sp³-hybridized carbons (Fsp3) is 0. The molecule has 0 aliphatic rings. The number of aromatic amines is 1. The summed E-state index contributed by atoms with van der Waals surface area (Å²) in [6, 6.07) is 6.00. The van der Waals surface area contributed by atoms with Gasteiger partial charge in [-0.2, -0.15) is 0 Å². The summed E-state index contributed by atoms with van der Waals surface area (Å²) in [4.78, 5) is 22.5. The molecule has 0 saturated carbocycles. The van der Waals surface area contributed by atoms with E-state index in [1.807, 2.05) is 0 Å². The lowest BCUT2D eigenvalue weighted by Gasteiger charge is -2.05. The predicted octanol–water partition coefficient (Wildman–Crippen LogP) is 2.74. The lowest BCUT2D eigenvalue weighted by Crippen LogP contribution is -2.19. The topological polar surface area (TPSA) is 82.7 Å². The van der Waals surface area contributed by atoms with Crippen LogP contribution >= 0.6 is 0 Å². The van der Waals surface area contributed by atoms with Gasteiger partial charge in [-0.15, -0.1) is 0 Å². The molecule has 20 heavy (non-hydrogen) atoms.